The maximum Gasteiger partial charge on any atom is 0.273 e. The molecule has 2 aromatic rings. The lowest BCUT2D eigenvalue weighted by Crippen LogP contribution is -2.56. The van der Waals surface area contributed by atoms with Gasteiger partial charge in [-0.15, -0.1) is 0 Å². The van der Waals surface area contributed by atoms with Crippen LogP contribution in [0.3, 0.4) is 0 Å². The summed E-state index contributed by atoms with van der Waals surface area (Å²) < 4.78 is 10.7. The van der Waals surface area contributed by atoms with Crippen molar-refractivity contribution in [3.05, 3.63) is 59.2 Å². The van der Waals surface area contributed by atoms with Gasteiger partial charge in [0.25, 0.3) is 11.8 Å². The molecular weight excluding hydrogens is 384 g/mol. The van der Waals surface area contributed by atoms with Crippen LogP contribution in [0.25, 0.3) is 0 Å². The molecule has 1 unspecified atom stereocenters. The summed E-state index contributed by atoms with van der Waals surface area (Å²) in [6.07, 6.45) is 0. The van der Waals surface area contributed by atoms with Crippen LogP contribution in [0.5, 0.6) is 11.5 Å². The van der Waals surface area contributed by atoms with E-state index in [9.17, 15) is 14.7 Å². The molecule has 3 rings (SSSR count). The van der Waals surface area contributed by atoms with E-state index in [0.717, 1.165) is 5.56 Å². The maximum atomic E-state index is 13.4. The van der Waals surface area contributed by atoms with Crippen LogP contribution in [0, 0.1) is 0 Å². The summed E-state index contributed by atoms with van der Waals surface area (Å²) in [4.78, 5) is 26.5. The number of fused-ring (bicyclic) bond motifs is 1. The Bertz CT molecular complexity index is 934. The second kappa shape index (κ2) is 8.36. The second-order valence-corrected chi connectivity index (χ2v) is 8.39. The predicted molar refractivity (Wildman–Crippen MR) is 113 cm³/mol. The Hall–Kier alpha value is -3.06. The molecule has 0 bridgehead atoms. The van der Waals surface area contributed by atoms with Gasteiger partial charge in [0.15, 0.2) is 11.5 Å². The van der Waals surface area contributed by atoms with Crippen LogP contribution in [0.2, 0.25) is 0 Å². The first-order valence-electron chi connectivity index (χ1n) is 9.86. The van der Waals surface area contributed by atoms with Crippen molar-refractivity contribution >= 4 is 11.8 Å². The summed E-state index contributed by atoms with van der Waals surface area (Å²) in [5.74, 6) is 0.475. The van der Waals surface area contributed by atoms with E-state index in [1.165, 1.54) is 10.0 Å². The molecule has 2 amide bonds. The van der Waals surface area contributed by atoms with Crippen LogP contribution in [0.1, 0.15) is 59.9 Å². The summed E-state index contributed by atoms with van der Waals surface area (Å²) in [7, 11) is 1.59. The van der Waals surface area contributed by atoms with Crippen LogP contribution in [-0.4, -0.2) is 52.9 Å². The molecule has 30 heavy (non-hydrogen) atoms. The van der Waals surface area contributed by atoms with Gasteiger partial charge in [0.2, 0.25) is 6.79 Å². The topological polar surface area (TPSA) is 79.3 Å². The fourth-order valence-electron chi connectivity index (χ4n) is 3.38. The highest BCUT2D eigenvalue weighted by Crippen LogP contribution is 2.33. The first-order valence-corrected chi connectivity index (χ1v) is 9.86. The molecular formula is C23H28N2O5. The number of benzene rings is 2. The highest BCUT2D eigenvalue weighted by Gasteiger charge is 2.34. The van der Waals surface area contributed by atoms with Crippen molar-refractivity contribution in [1.29, 1.82) is 0 Å². The molecule has 7 heteroatoms. The van der Waals surface area contributed by atoms with Crippen molar-refractivity contribution in [1.82, 2.24) is 10.0 Å². The molecule has 0 radical (unpaired) electrons. The Morgan fingerprint density at radius 2 is 1.60 bits per heavy atom. The normalized spacial score (nSPS) is 13.7. The third-order valence-corrected chi connectivity index (χ3v) is 5.04. The van der Waals surface area contributed by atoms with Crippen LogP contribution in [0.4, 0.5) is 0 Å². The molecule has 0 aliphatic carbocycles. The minimum atomic E-state index is -0.650. The average molecular weight is 412 g/mol. The van der Waals surface area contributed by atoms with Gasteiger partial charge in [0.05, 0.1) is 5.54 Å². The number of ether oxygens (including phenoxy) is 2. The first kappa shape index (κ1) is 21.6. The molecule has 1 N–H and O–H groups in total. The first-order chi connectivity index (χ1) is 14.1. The van der Waals surface area contributed by atoms with E-state index in [0.29, 0.717) is 22.6 Å². The van der Waals surface area contributed by atoms with E-state index in [1.807, 2.05) is 39.8 Å². The van der Waals surface area contributed by atoms with E-state index in [-0.39, 0.29) is 31.1 Å². The number of carbonyl (C=O) groups excluding carboxylic acids is 2. The molecule has 1 heterocycles. The smallest absolute Gasteiger partial charge is 0.273 e. The van der Waals surface area contributed by atoms with Crippen molar-refractivity contribution in [2.24, 2.45) is 0 Å². The van der Waals surface area contributed by atoms with Gasteiger partial charge >= 0.3 is 0 Å². The SMILES string of the molecule is CC(CO)c1ccc(C(=O)N(C)N(C(=O)c2ccc3c(c2)OCO3)C(C)(C)C)cc1. The number of carbonyl (C=O) groups is 2. The zero-order valence-corrected chi connectivity index (χ0v) is 18.0. The zero-order valence-electron chi connectivity index (χ0n) is 18.0. The van der Waals surface area contributed by atoms with Gasteiger partial charge in [-0.05, 0) is 56.7 Å². The van der Waals surface area contributed by atoms with Crippen molar-refractivity contribution in [2.75, 3.05) is 20.4 Å². The number of hydrogen-bond acceptors (Lipinski definition) is 5. The monoisotopic (exact) mass is 412 g/mol. The Morgan fingerprint density at radius 3 is 2.20 bits per heavy atom. The fraction of sp³-hybridized carbons (Fsp3) is 0.391. The van der Waals surface area contributed by atoms with Gasteiger partial charge in [-0.2, -0.15) is 0 Å². The molecule has 0 saturated carbocycles. The minimum Gasteiger partial charge on any atom is -0.454 e. The van der Waals surface area contributed by atoms with Gasteiger partial charge in [-0.25, -0.2) is 10.0 Å². The number of nitrogens with zero attached hydrogens (tertiary/aromatic N) is 2. The van der Waals surface area contributed by atoms with Crippen LogP contribution in [0.15, 0.2) is 42.5 Å². The summed E-state index contributed by atoms with van der Waals surface area (Å²) in [6.45, 7) is 7.68. The van der Waals surface area contributed by atoms with E-state index >= 15 is 0 Å². The lowest BCUT2D eigenvalue weighted by molar-refractivity contribution is -0.0308. The molecule has 0 aromatic heterocycles. The van der Waals surface area contributed by atoms with Crippen LogP contribution in [-0.2, 0) is 0 Å². The average Bonchev–Trinajstić information content (AvgIpc) is 3.19. The summed E-state index contributed by atoms with van der Waals surface area (Å²) in [5, 5.41) is 12.1. The van der Waals surface area contributed by atoms with E-state index in [1.54, 1.807) is 37.4 Å². The van der Waals surface area contributed by atoms with Gasteiger partial charge in [-0.3, -0.25) is 9.59 Å². The number of amides is 2. The van der Waals surface area contributed by atoms with Gasteiger partial charge in [-0.1, -0.05) is 19.1 Å². The Labute approximate surface area is 176 Å². The number of hydrazine groups is 1. The Morgan fingerprint density at radius 1 is 1.00 bits per heavy atom. The highest BCUT2D eigenvalue weighted by molar-refractivity contribution is 5.99. The lowest BCUT2D eigenvalue weighted by atomic mass is 10.0. The standard InChI is InChI=1S/C23H28N2O5/c1-15(13-26)16-6-8-17(9-7-16)21(27)24(5)25(23(2,3)4)22(28)18-10-11-19-20(12-18)30-14-29-19/h6-12,15,26H,13-14H2,1-5H3. The van der Waals surface area contributed by atoms with Gasteiger partial charge in [0.1, 0.15) is 0 Å². The zero-order chi connectivity index (χ0) is 22.1. The quantitative estimate of drug-likeness (QED) is 0.779. The third-order valence-electron chi connectivity index (χ3n) is 5.04. The summed E-state index contributed by atoms with van der Waals surface area (Å²) in [6, 6.07) is 12.1. The fourth-order valence-corrected chi connectivity index (χ4v) is 3.38. The Kier molecular flexibility index (Phi) is 6.03. The highest BCUT2D eigenvalue weighted by atomic mass is 16.7. The van der Waals surface area contributed by atoms with Crippen LogP contribution < -0.4 is 9.47 Å². The second-order valence-electron chi connectivity index (χ2n) is 8.39. The van der Waals surface area contributed by atoms with Crippen molar-refractivity contribution in [3.63, 3.8) is 0 Å². The molecule has 0 saturated heterocycles. The molecule has 1 aliphatic rings. The maximum absolute atomic E-state index is 13.4. The van der Waals surface area contributed by atoms with Crippen molar-refractivity contribution in [2.45, 2.75) is 39.2 Å². The molecule has 1 aliphatic heterocycles. The van der Waals surface area contributed by atoms with E-state index < -0.39 is 5.54 Å². The number of rotatable bonds is 4. The van der Waals surface area contributed by atoms with E-state index in [4.69, 9.17) is 9.47 Å². The molecule has 0 spiro atoms. The Balaban J connectivity index is 1.87. The van der Waals surface area contributed by atoms with Gasteiger partial charge in [0, 0.05) is 30.7 Å². The molecule has 7 nitrogen and oxygen atoms in total. The molecule has 1 atom stereocenters. The minimum absolute atomic E-state index is 0.00876. The predicted octanol–water partition coefficient (Wildman–Crippen LogP) is 3.44. The lowest BCUT2D eigenvalue weighted by Gasteiger charge is -2.41. The molecule has 2 aromatic carbocycles. The van der Waals surface area contributed by atoms with Crippen molar-refractivity contribution in [3.8, 4) is 11.5 Å². The number of aliphatic hydroxyl groups excluding tert-OH is 1. The van der Waals surface area contributed by atoms with E-state index in [2.05, 4.69) is 0 Å². The van der Waals surface area contributed by atoms with Gasteiger partial charge < -0.3 is 14.6 Å². The largest absolute Gasteiger partial charge is 0.454 e. The number of hydrogen-bond donors (Lipinski definition) is 1. The number of aliphatic hydroxyl groups is 1. The molecule has 160 valence electrons. The van der Waals surface area contributed by atoms with Crippen LogP contribution >= 0.6 is 0 Å². The summed E-state index contributed by atoms with van der Waals surface area (Å²) >= 11 is 0. The third kappa shape index (κ3) is 4.26. The van der Waals surface area contributed by atoms with Crippen molar-refractivity contribution < 1.29 is 24.2 Å². The summed E-state index contributed by atoms with van der Waals surface area (Å²) in [5.41, 5.74) is 1.16. The molecule has 0 fully saturated rings.